The van der Waals surface area contributed by atoms with Gasteiger partial charge in [-0.1, -0.05) is 23.7 Å². The monoisotopic (exact) mass is 353 g/mol. The second kappa shape index (κ2) is 7.29. The molecule has 1 aromatic carbocycles. The Kier molecular flexibility index (Phi) is 5.62. The number of benzene rings is 1. The summed E-state index contributed by atoms with van der Waals surface area (Å²) >= 11 is 5.83. The van der Waals surface area contributed by atoms with Crippen LogP contribution in [0.1, 0.15) is 25.0 Å². The molecule has 0 aliphatic rings. The van der Waals surface area contributed by atoms with Gasteiger partial charge in [-0.25, -0.2) is 8.42 Å². The van der Waals surface area contributed by atoms with Gasteiger partial charge in [-0.15, -0.1) is 0 Å². The van der Waals surface area contributed by atoms with E-state index in [0.717, 1.165) is 11.1 Å². The topological polar surface area (TPSA) is 55.2 Å². The van der Waals surface area contributed by atoms with Crippen molar-refractivity contribution in [1.82, 2.24) is 14.1 Å². The summed E-state index contributed by atoms with van der Waals surface area (Å²) in [6.07, 6.45) is 5.06. The van der Waals surface area contributed by atoms with E-state index >= 15 is 0 Å². The third-order valence-corrected chi connectivity index (χ3v) is 5.24. The fourth-order valence-electron chi connectivity index (χ4n) is 2.12. The van der Waals surface area contributed by atoms with Crippen LogP contribution in [0.2, 0.25) is 5.02 Å². The molecule has 0 N–H and O–H groups in total. The van der Waals surface area contributed by atoms with Crippen molar-refractivity contribution < 1.29 is 8.42 Å². The van der Waals surface area contributed by atoms with Crippen LogP contribution in [-0.2, 0) is 23.6 Å². The Labute approximate surface area is 142 Å². The quantitative estimate of drug-likeness (QED) is 0.800. The molecule has 0 fully saturated rings. The van der Waals surface area contributed by atoms with Gasteiger partial charge in [0, 0.05) is 41.8 Å². The van der Waals surface area contributed by atoms with Gasteiger partial charge in [-0.3, -0.25) is 4.68 Å². The van der Waals surface area contributed by atoms with E-state index in [9.17, 15) is 8.42 Å². The number of nitrogens with zero attached hydrogens (tertiary/aromatic N) is 3. The van der Waals surface area contributed by atoms with Crippen molar-refractivity contribution in [3.8, 4) is 0 Å². The summed E-state index contributed by atoms with van der Waals surface area (Å²) in [6.45, 7) is 3.99. The summed E-state index contributed by atoms with van der Waals surface area (Å²) in [5.41, 5.74) is 1.63. The van der Waals surface area contributed by atoms with Crippen molar-refractivity contribution in [1.29, 1.82) is 0 Å². The van der Waals surface area contributed by atoms with Crippen LogP contribution >= 0.6 is 11.6 Å². The molecule has 0 saturated heterocycles. The fourth-order valence-corrected chi connectivity index (χ4v) is 3.64. The first kappa shape index (κ1) is 17.7. The van der Waals surface area contributed by atoms with Crippen molar-refractivity contribution in [3.63, 3.8) is 0 Å². The summed E-state index contributed by atoms with van der Waals surface area (Å²) in [6, 6.07) is 6.84. The third-order valence-electron chi connectivity index (χ3n) is 3.30. The predicted octanol–water partition coefficient (Wildman–Crippen LogP) is 3.28. The van der Waals surface area contributed by atoms with Gasteiger partial charge >= 0.3 is 0 Å². The zero-order valence-electron chi connectivity index (χ0n) is 13.3. The summed E-state index contributed by atoms with van der Waals surface area (Å²) in [5.74, 6) is 0. The molecular formula is C16H20ClN3O2S. The minimum atomic E-state index is -3.54. The third kappa shape index (κ3) is 4.92. The Hall–Kier alpha value is -1.63. The predicted molar refractivity (Wildman–Crippen MR) is 93.3 cm³/mol. The van der Waals surface area contributed by atoms with Crippen molar-refractivity contribution in [2.45, 2.75) is 26.4 Å². The van der Waals surface area contributed by atoms with E-state index in [-0.39, 0.29) is 6.04 Å². The van der Waals surface area contributed by atoms with Crippen LogP contribution in [0, 0.1) is 0 Å². The van der Waals surface area contributed by atoms with Crippen LogP contribution in [0.25, 0.3) is 6.08 Å². The van der Waals surface area contributed by atoms with Crippen LogP contribution in [-0.4, -0.2) is 28.5 Å². The summed E-state index contributed by atoms with van der Waals surface area (Å²) < 4.78 is 28.3. The number of hydrogen-bond donors (Lipinski definition) is 0. The van der Waals surface area contributed by atoms with Gasteiger partial charge in [0.05, 0.1) is 6.20 Å². The highest BCUT2D eigenvalue weighted by molar-refractivity contribution is 7.92. The zero-order chi connectivity index (χ0) is 17.0. The molecule has 0 atom stereocenters. The Bertz CT molecular complexity index is 780. The van der Waals surface area contributed by atoms with Crippen LogP contribution < -0.4 is 0 Å². The molecule has 1 aromatic heterocycles. The van der Waals surface area contributed by atoms with Crippen molar-refractivity contribution in [2.24, 2.45) is 7.05 Å². The lowest BCUT2D eigenvalue weighted by atomic mass is 10.2. The molecule has 0 amide bonds. The number of rotatable bonds is 6. The molecule has 2 rings (SSSR count). The summed E-state index contributed by atoms with van der Waals surface area (Å²) in [7, 11) is -1.73. The van der Waals surface area contributed by atoms with Gasteiger partial charge in [-0.2, -0.15) is 9.40 Å². The highest BCUT2D eigenvalue weighted by Gasteiger charge is 2.23. The van der Waals surface area contributed by atoms with E-state index in [0.29, 0.717) is 11.6 Å². The van der Waals surface area contributed by atoms with Gasteiger partial charge in [0.1, 0.15) is 0 Å². The second-order valence-corrected chi connectivity index (χ2v) is 7.77. The Morgan fingerprint density at radius 3 is 2.48 bits per heavy atom. The standard InChI is InChI=1S/C16H20ClN3O2S/c1-13(2)20(12-15-10-18-19(3)11-15)23(21,22)9-8-14-4-6-16(17)7-5-14/h4-11,13H,12H2,1-3H3/b9-8+. The average Bonchev–Trinajstić information content (AvgIpc) is 2.89. The molecule has 0 aliphatic heterocycles. The first-order chi connectivity index (χ1) is 10.8. The lowest BCUT2D eigenvalue weighted by Gasteiger charge is -2.23. The van der Waals surface area contributed by atoms with E-state index in [2.05, 4.69) is 5.10 Å². The van der Waals surface area contributed by atoms with Gasteiger partial charge in [0.25, 0.3) is 0 Å². The molecule has 0 spiro atoms. The van der Waals surface area contributed by atoms with E-state index in [1.165, 1.54) is 9.71 Å². The fraction of sp³-hybridized carbons (Fsp3) is 0.312. The van der Waals surface area contributed by atoms with Crippen molar-refractivity contribution >= 4 is 27.7 Å². The van der Waals surface area contributed by atoms with Crippen molar-refractivity contribution in [2.75, 3.05) is 0 Å². The summed E-state index contributed by atoms with van der Waals surface area (Å²) in [5, 5.41) is 5.92. The lowest BCUT2D eigenvalue weighted by Crippen LogP contribution is -2.34. The minimum absolute atomic E-state index is 0.157. The highest BCUT2D eigenvalue weighted by atomic mass is 35.5. The molecule has 7 heteroatoms. The van der Waals surface area contributed by atoms with Gasteiger partial charge in [0.15, 0.2) is 0 Å². The molecule has 23 heavy (non-hydrogen) atoms. The lowest BCUT2D eigenvalue weighted by molar-refractivity contribution is 0.353. The molecule has 0 saturated carbocycles. The number of aryl methyl sites for hydroxylation is 1. The number of aromatic nitrogens is 2. The number of hydrogen-bond acceptors (Lipinski definition) is 3. The van der Waals surface area contributed by atoms with Crippen LogP contribution in [0.4, 0.5) is 0 Å². The zero-order valence-corrected chi connectivity index (χ0v) is 14.9. The van der Waals surface area contributed by atoms with Crippen molar-refractivity contribution in [3.05, 3.63) is 58.2 Å². The first-order valence-corrected chi connectivity index (χ1v) is 9.09. The highest BCUT2D eigenvalue weighted by Crippen LogP contribution is 2.16. The van der Waals surface area contributed by atoms with Crippen LogP contribution in [0.15, 0.2) is 42.1 Å². The normalized spacial score (nSPS) is 12.6. The smallest absolute Gasteiger partial charge is 0.236 e. The molecule has 0 radical (unpaired) electrons. The van der Waals surface area contributed by atoms with E-state index < -0.39 is 10.0 Å². The largest absolute Gasteiger partial charge is 0.275 e. The number of halogens is 1. The van der Waals surface area contributed by atoms with E-state index in [1.807, 2.05) is 20.0 Å². The first-order valence-electron chi connectivity index (χ1n) is 7.21. The SMILES string of the molecule is CC(C)N(Cc1cnn(C)c1)S(=O)(=O)/C=C/c1ccc(Cl)cc1. The Morgan fingerprint density at radius 2 is 1.96 bits per heavy atom. The van der Waals surface area contributed by atoms with E-state index in [1.54, 1.807) is 48.3 Å². The minimum Gasteiger partial charge on any atom is -0.275 e. The Morgan fingerprint density at radius 1 is 1.30 bits per heavy atom. The molecule has 5 nitrogen and oxygen atoms in total. The average molecular weight is 354 g/mol. The molecule has 0 aliphatic carbocycles. The Balaban J connectivity index is 2.20. The molecule has 0 bridgehead atoms. The van der Waals surface area contributed by atoms with Crippen LogP contribution in [0.3, 0.4) is 0 Å². The maximum absolute atomic E-state index is 12.6. The molecular weight excluding hydrogens is 334 g/mol. The van der Waals surface area contributed by atoms with E-state index in [4.69, 9.17) is 11.6 Å². The molecule has 124 valence electrons. The number of sulfonamides is 1. The summed E-state index contributed by atoms with van der Waals surface area (Å²) in [4.78, 5) is 0. The second-order valence-electron chi connectivity index (χ2n) is 5.56. The molecule has 0 unspecified atom stereocenters. The van der Waals surface area contributed by atoms with Gasteiger partial charge in [0.2, 0.25) is 10.0 Å². The van der Waals surface area contributed by atoms with Gasteiger partial charge in [-0.05, 0) is 37.6 Å². The van der Waals surface area contributed by atoms with Crippen LogP contribution in [0.5, 0.6) is 0 Å². The van der Waals surface area contributed by atoms with Gasteiger partial charge < -0.3 is 0 Å². The maximum atomic E-state index is 12.6. The maximum Gasteiger partial charge on any atom is 0.236 e. The molecule has 1 heterocycles. The molecule has 2 aromatic rings.